The number of hydrogen-bond acceptors (Lipinski definition) is 2. The summed E-state index contributed by atoms with van der Waals surface area (Å²) in [5, 5.41) is 0. The highest BCUT2D eigenvalue weighted by molar-refractivity contribution is 9.12. The molecule has 3 nitrogen and oxygen atoms in total. The van der Waals surface area contributed by atoms with Gasteiger partial charge in [0.05, 0.1) is 6.04 Å². The van der Waals surface area contributed by atoms with Crippen molar-refractivity contribution >= 4 is 22.0 Å². The largest absolute Gasteiger partial charge is 0.444 e. The van der Waals surface area contributed by atoms with Crippen LogP contribution in [0.25, 0.3) is 0 Å². The summed E-state index contributed by atoms with van der Waals surface area (Å²) in [7, 11) is 0. The van der Waals surface area contributed by atoms with Crippen molar-refractivity contribution in [3.63, 3.8) is 0 Å². The van der Waals surface area contributed by atoms with Gasteiger partial charge in [0.2, 0.25) is 0 Å². The number of carbonyl (C=O) groups is 1. The van der Waals surface area contributed by atoms with Crippen LogP contribution in [-0.4, -0.2) is 29.2 Å². The molecule has 0 N–H and O–H groups in total. The third kappa shape index (κ3) is 4.05. The molecule has 1 heterocycles. The second-order valence-corrected chi connectivity index (χ2v) is 5.32. The third-order valence-corrected chi connectivity index (χ3v) is 2.58. The fourth-order valence-electron chi connectivity index (χ4n) is 1.68. The molecule has 0 radical (unpaired) electrons. The predicted molar refractivity (Wildman–Crippen MR) is 67.3 cm³/mol. The van der Waals surface area contributed by atoms with Crippen LogP contribution in [0.2, 0.25) is 0 Å². The minimum atomic E-state index is -0.444. The number of rotatable bonds is 0. The van der Waals surface area contributed by atoms with Gasteiger partial charge in [-0.25, -0.2) is 4.79 Å². The topological polar surface area (TPSA) is 29.5 Å². The zero-order chi connectivity index (χ0) is 12.2. The SMILES string of the molecule is CC(C)(C)OC(=O)N1CCCCC1C#CBr. The van der Waals surface area contributed by atoms with Gasteiger partial charge in [0, 0.05) is 22.5 Å². The lowest BCUT2D eigenvalue weighted by molar-refractivity contribution is 0.0158. The first-order valence-corrected chi connectivity index (χ1v) is 6.34. The van der Waals surface area contributed by atoms with Crippen LogP contribution in [0.1, 0.15) is 40.0 Å². The molecule has 0 aliphatic carbocycles. The molecule has 0 bridgehead atoms. The summed E-state index contributed by atoms with van der Waals surface area (Å²) in [6, 6.07) is -0.0111. The van der Waals surface area contributed by atoms with Crippen LogP contribution in [0.4, 0.5) is 4.79 Å². The fourth-order valence-corrected chi connectivity index (χ4v) is 1.95. The van der Waals surface area contributed by atoms with Gasteiger partial charge in [-0.2, -0.15) is 0 Å². The molecule has 1 unspecified atom stereocenters. The summed E-state index contributed by atoms with van der Waals surface area (Å²) in [5.74, 6) is 2.99. The van der Waals surface area contributed by atoms with Crippen LogP contribution >= 0.6 is 15.9 Å². The van der Waals surface area contributed by atoms with Gasteiger partial charge in [0.1, 0.15) is 5.60 Å². The highest BCUT2D eigenvalue weighted by Gasteiger charge is 2.29. The lowest BCUT2D eigenvalue weighted by atomic mass is 10.0. The van der Waals surface area contributed by atoms with Crippen molar-refractivity contribution in [1.82, 2.24) is 4.90 Å². The van der Waals surface area contributed by atoms with E-state index in [0.717, 1.165) is 25.8 Å². The maximum Gasteiger partial charge on any atom is 0.411 e. The zero-order valence-corrected chi connectivity index (χ0v) is 11.6. The van der Waals surface area contributed by atoms with Crippen LogP contribution < -0.4 is 0 Å². The molecule has 0 aromatic heterocycles. The second kappa shape index (κ2) is 5.58. The van der Waals surface area contributed by atoms with Crippen molar-refractivity contribution in [2.75, 3.05) is 6.54 Å². The van der Waals surface area contributed by atoms with Crippen LogP contribution in [0, 0.1) is 10.8 Å². The molecule has 0 saturated carbocycles. The molecule has 1 rings (SSSR count). The average molecular weight is 288 g/mol. The summed E-state index contributed by atoms with van der Waals surface area (Å²) < 4.78 is 5.36. The summed E-state index contributed by atoms with van der Waals surface area (Å²) in [6.07, 6.45) is 2.82. The van der Waals surface area contributed by atoms with Crippen molar-refractivity contribution in [1.29, 1.82) is 0 Å². The molecule has 0 spiro atoms. The lowest BCUT2D eigenvalue weighted by Gasteiger charge is -2.34. The molecular formula is C12H18BrNO2. The maximum atomic E-state index is 11.9. The molecular weight excluding hydrogens is 270 g/mol. The van der Waals surface area contributed by atoms with Crippen molar-refractivity contribution in [3.8, 4) is 10.8 Å². The number of hydrogen-bond donors (Lipinski definition) is 0. The maximum absolute atomic E-state index is 11.9. The number of nitrogens with zero attached hydrogens (tertiary/aromatic N) is 1. The van der Waals surface area contributed by atoms with Gasteiger partial charge < -0.3 is 4.74 Å². The van der Waals surface area contributed by atoms with E-state index in [1.807, 2.05) is 20.8 Å². The van der Waals surface area contributed by atoms with Crippen LogP contribution in [0.3, 0.4) is 0 Å². The van der Waals surface area contributed by atoms with E-state index in [-0.39, 0.29) is 12.1 Å². The molecule has 1 aliphatic heterocycles. The Balaban J connectivity index is 2.67. The molecule has 16 heavy (non-hydrogen) atoms. The van der Waals surface area contributed by atoms with Gasteiger partial charge in [-0.15, -0.1) is 0 Å². The van der Waals surface area contributed by atoms with Gasteiger partial charge >= 0.3 is 6.09 Å². The van der Waals surface area contributed by atoms with E-state index in [9.17, 15) is 4.79 Å². The Labute approximate surface area is 106 Å². The van der Waals surface area contributed by atoms with Crippen molar-refractivity contribution < 1.29 is 9.53 Å². The number of carbonyl (C=O) groups excluding carboxylic acids is 1. The summed E-state index contributed by atoms with van der Waals surface area (Å²) in [5.41, 5.74) is -0.444. The number of piperidine rings is 1. The molecule has 1 aliphatic rings. The number of likely N-dealkylation sites (tertiary alicyclic amines) is 1. The van der Waals surface area contributed by atoms with E-state index in [1.54, 1.807) is 4.90 Å². The van der Waals surface area contributed by atoms with Gasteiger partial charge in [-0.1, -0.05) is 5.92 Å². The van der Waals surface area contributed by atoms with Gasteiger partial charge in [-0.3, -0.25) is 4.90 Å². The summed E-state index contributed by atoms with van der Waals surface area (Å²) >= 11 is 3.08. The van der Waals surface area contributed by atoms with Crippen LogP contribution in [-0.2, 0) is 4.74 Å². The molecule has 4 heteroatoms. The van der Waals surface area contributed by atoms with Crippen molar-refractivity contribution in [2.24, 2.45) is 0 Å². The normalized spacial score (nSPS) is 21.0. The zero-order valence-electron chi connectivity index (χ0n) is 10.0. The predicted octanol–water partition coefficient (Wildman–Crippen LogP) is 3.13. The first-order chi connectivity index (χ1) is 7.44. The van der Waals surface area contributed by atoms with Gasteiger partial charge in [-0.05, 0) is 44.9 Å². The smallest absolute Gasteiger partial charge is 0.411 e. The Hall–Kier alpha value is -0.690. The number of halogens is 1. The minimum Gasteiger partial charge on any atom is -0.444 e. The highest BCUT2D eigenvalue weighted by Crippen LogP contribution is 2.19. The molecule has 1 saturated heterocycles. The van der Waals surface area contributed by atoms with E-state index >= 15 is 0 Å². The van der Waals surface area contributed by atoms with Crippen LogP contribution in [0.15, 0.2) is 0 Å². The van der Waals surface area contributed by atoms with E-state index < -0.39 is 5.60 Å². The fraction of sp³-hybridized carbons (Fsp3) is 0.750. The Morgan fingerprint density at radius 3 is 2.69 bits per heavy atom. The number of amides is 1. The van der Waals surface area contributed by atoms with Crippen LogP contribution in [0.5, 0.6) is 0 Å². The molecule has 0 aromatic carbocycles. The van der Waals surface area contributed by atoms with Crippen molar-refractivity contribution in [2.45, 2.75) is 51.7 Å². The average Bonchev–Trinajstić information content (AvgIpc) is 2.16. The summed E-state index contributed by atoms with van der Waals surface area (Å²) in [4.78, 5) is 16.3. The minimum absolute atomic E-state index is 0.0111. The molecule has 1 amide bonds. The molecule has 1 atom stereocenters. The highest BCUT2D eigenvalue weighted by atomic mass is 79.9. The second-order valence-electron chi connectivity index (χ2n) is 4.92. The molecule has 0 aromatic rings. The number of ether oxygens (including phenoxy) is 1. The van der Waals surface area contributed by atoms with E-state index in [2.05, 4.69) is 26.7 Å². The van der Waals surface area contributed by atoms with Gasteiger partial charge in [0.25, 0.3) is 0 Å². The third-order valence-electron chi connectivity index (χ3n) is 2.35. The van der Waals surface area contributed by atoms with E-state index in [4.69, 9.17) is 4.74 Å². The lowest BCUT2D eigenvalue weighted by Crippen LogP contribution is -2.45. The van der Waals surface area contributed by atoms with Crippen molar-refractivity contribution in [3.05, 3.63) is 0 Å². The Morgan fingerprint density at radius 1 is 1.44 bits per heavy atom. The molecule has 1 fully saturated rings. The first-order valence-electron chi connectivity index (χ1n) is 5.55. The van der Waals surface area contributed by atoms with E-state index in [1.165, 1.54) is 0 Å². The first kappa shape index (κ1) is 13.4. The Kier molecular flexibility index (Phi) is 4.67. The summed E-state index contributed by atoms with van der Waals surface area (Å²) in [6.45, 7) is 6.36. The van der Waals surface area contributed by atoms with Gasteiger partial charge in [0.15, 0.2) is 0 Å². The standard InChI is InChI=1S/C12H18BrNO2/c1-12(2,3)16-11(15)14-9-5-4-6-10(14)7-8-13/h10H,4-6,9H2,1-3H3. The Bertz CT molecular complexity index is 311. The molecule has 90 valence electrons. The monoisotopic (exact) mass is 287 g/mol. The quantitative estimate of drug-likeness (QED) is 0.641. The van der Waals surface area contributed by atoms with E-state index in [0.29, 0.717) is 0 Å². The Morgan fingerprint density at radius 2 is 2.12 bits per heavy atom.